The molecule has 0 saturated carbocycles. The molecule has 6 nitrogen and oxygen atoms in total. The normalized spacial score (nSPS) is 12.3. The summed E-state index contributed by atoms with van der Waals surface area (Å²) in [6.07, 6.45) is -4.58. The Morgan fingerprint density at radius 2 is 1.63 bits per heavy atom. The van der Waals surface area contributed by atoms with Crippen LogP contribution >= 0.6 is 11.8 Å². The number of anilines is 1. The average Bonchev–Trinajstić information content (AvgIpc) is 3.27. The van der Waals surface area contributed by atoms with Gasteiger partial charge in [-0.05, 0) is 55.5 Å². The molecule has 4 rings (SSSR count). The van der Waals surface area contributed by atoms with Crippen molar-refractivity contribution in [3.63, 3.8) is 0 Å². The van der Waals surface area contributed by atoms with E-state index in [1.165, 1.54) is 18.2 Å². The molecule has 1 N–H and O–H groups in total. The fraction of sp³-hybridized carbons (Fsp3) is 0.160. The average molecular weight is 499 g/mol. The molecule has 0 bridgehead atoms. The second-order valence-electron chi connectivity index (χ2n) is 7.50. The van der Waals surface area contributed by atoms with Crippen molar-refractivity contribution in [1.82, 2.24) is 14.8 Å². The minimum absolute atomic E-state index is 0.291. The Kier molecular flexibility index (Phi) is 7.11. The van der Waals surface area contributed by atoms with Crippen LogP contribution in [0.2, 0.25) is 0 Å². The number of nitrogens with zero attached hydrogens (tertiary/aromatic N) is 3. The number of rotatable bonds is 7. The number of thioether (sulfide) groups is 1. The van der Waals surface area contributed by atoms with Crippen LogP contribution in [0.1, 0.15) is 12.5 Å². The molecular weight excluding hydrogens is 477 g/mol. The number of ether oxygens (including phenoxy) is 1. The quantitative estimate of drug-likeness (QED) is 0.313. The number of benzene rings is 3. The van der Waals surface area contributed by atoms with E-state index in [9.17, 15) is 18.0 Å². The maximum Gasteiger partial charge on any atom is 0.418 e. The lowest BCUT2D eigenvalue weighted by Crippen LogP contribution is -2.24. The SMILES string of the molecule is COc1ccc(-c2nnc(SC(C)C(=O)Nc3ccccc3C(F)(F)F)n2-c2ccccc2)cc1. The molecule has 3 aromatic carbocycles. The largest absolute Gasteiger partial charge is 0.497 e. The van der Waals surface area contributed by atoms with Crippen LogP contribution in [0.5, 0.6) is 5.75 Å². The van der Waals surface area contributed by atoms with E-state index in [4.69, 9.17) is 4.74 Å². The molecule has 0 saturated heterocycles. The zero-order chi connectivity index (χ0) is 25.0. The number of carbonyl (C=O) groups is 1. The molecule has 1 unspecified atom stereocenters. The molecule has 0 spiro atoms. The molecule has 4 aromatic rings. The Morgan fingerprint density at radius 1 is 0.971 bits per heavy atom. The molecule has 0 aliphatic carbocycles. The topological polar surface area (TPSA) is 69.0 Å². The van der Waals surface area contributed by atoms with Crippen LogP contribution in [0.3, 0.4) is 0 Å². The maximum atomic E-state index is 13.3. The zero-order valence-electron chi connectivity index (χ0n) is 18.8. The summed E-state index contributed by atoms with van der Waals surface area (Å²) < 4.78 is 47.0. The van der Waals surface area contributed by atoms with E-state index < -0.39 is 22.9 Å². The number of amides is 1. The Labute approximate surface area is 204 Å². The summed E-state index contributed by atoms with van der Waals surface area (Å²) in [4.78, 5) is 12.8. The van der Waals surface area contributed by atoms with Crippen molar-refractivity contribution in [2.75, 3.05) is 12.4 Å². The van der Waals surface area contributed by atoms with Gasteiger partial charge in [0.2, 0.25) is 5.91 Å². The highest BCUT2D eigenvalue weighted by Gasteiger charge is 2.34. The molecule has 1 atom stereocenters. The van der Waals surface area contributed by atoms with Gasteiger partial charge >= 0.3 is 6.18 Å². The van der Waals surface area contributed by atoms with E-state index in [-0.39, 0.29) is 5.69 Å². The molecule has 35 heavy (non-hydrogen) atoms. The lowest BCUT2D eigenvalue weighted by Gasteiger charge is -2.16. The van der Waals surface area contributed by atoms with Crippen molar-refractivity contribution in [3.05, 3.63) is 84.4 Å². The number of methoxy groups -OCH3 is 1. The molecule has 10 heteroatoms. The number of hydrogen-bond acceptors (Lipinski definition) is 5. The van der Waals surface area contributed by atoms with Crippen LogP contribution in [0.15, 0.2) is 84.0 Å². The molecule has 180 valence electrons. The highest BCUT2D eigenvalue weighted by molar-refractivity contribution is 8.00. The van der Waals surface area contributed by atoms with Crippen molar-refractivity contribution < 1.29 is 22.7 Å². The molecule has 0 aliphatic heterocycles. The maximum absolute atomic E-state index is 13.3. The predicted molar refractivity (Wildman–Crippen MR) is 129 cm³/mol. The third kappa shape index (κ3) is 5.48. The lowest BCUT2D eigenvalue weighted by molar-refractivity contribution is -0.137. The van der Waals surface area contributed by atoms with Gasteiger partial charge in [0, 0.05) is 11.3 Å². The van der Waals surface area contributed by atoms with E-state index in [2.05, 4.69) is 15.5 Å². The smallest absolute Gasteiger partial charge is 0.418 e. The summed E-state index contributed by atoms with van der Waals surface area (Å²) >= 11 is 1.10. The first-order valence-corrected chi connectivity index (χ1v) is 11.4. The van der Waals surface area contributed by atoms with E-state index in [0.29, 0.717) is 16.7 Å². The van der Waals surface area contributed by atoms with E-state index in [1.54, 1.807) is 30.7 Å². The minimum atomic E-state index is -4.58. The summed E-state index contributed by atoms with van der Waals surface area (Å²) in [6, 6.07) is 21.6. The van der Waals surface area contributed by atoms with Gasteiger partial charge in [0.15, 0.2) is 11.0 Å². The molecule has 0 aliphatic rings. The van der Waals surface area contributed by atoms with Crippen LogP contribution in [0.4, 0.5) is 18.9 Å². The van der Waals surface area contributed by atoms with Gasteiger partial charge in [-0.2, -0.15) is 13.2 Å². The van der Waals surface area contributed by atoms with Gasteiger partial charge in [0.05, 0.1) is 23.6 Å². The zero-order valence-corrected chi connectivity index (χ0v) is 19.6. The Morgan fingerprint density at radius 3 is 2.29 bits per heavy atom. The number of nitrogens with one attached hydrogen (secondary N) is 1. The minimum Gasteiger partial charge on any atom is -0.497 e. The highest BCUT2D eigenvalue weighted by Crippen LogP contribution is 2.35. The van der Waals surface area contributed by atoms with Crippen molar-refractivity contribution >= 4 is 23.4 Å². The van der Waals surface area contributed by atoms with Crippen LogP contribution in [0.25, 0.3) is 17.1 Å². The Bertz CT molecular complexity index is 1310. The number of carbonyl (C=O) groups excluding carboxylic acids is 1. The fourth-order valence-electron chi connectivity index (χ4n) is 3.37. The third-order valence-electron chi connectivity index (χ3n) is 5.14. The number of halogens is 3. The summed E-state index contributed by atoms with van der Waals surface area (Å²) in [6.45, 7) is 1.60. The van der Waals surface area contributed by atoms with Crippen molar-refractivity contribution in [2.24, 2.45) is 0 Å². The van der Waals surface area contributed by atoms with Gasteiger partial charge in [-0.1, -0.05) is 42.1 Å². The number of hydrogen-bond donors (Lipinski definition) is 1. The molecule has 1 amide bonds. The van der Waals surface area contributed by atoms with E-state index in [1.807, 2.05) is 42.5 Å². The summed E-state index contributed by atoms with van der Waals surface area (Å²) in [5, 5.41) is 10.7. The number of aromatic nitrogens is 3. The van der Waals surface area contributed by atoms with Crippen LogP contribution in [-0.4, -0.2) is 33.0 Å². The van der Waals surface area contributed by atoms with Crippen LogP contribution < -0.4 is 10.1 Å². The van der Waals surface area contributed by atoms with E-state index >= 15 is 0 Å². The van der Waals surface area contributed by atoms with Crippen molar-refractivity contribution in [3.8, 4) is 22.8 Å². The van der Waals surface area contributed by atoms with Gasteiger partial charge in [-0.25, -0.2) is 0 Å². The molecule has 0 radical (unpaired) electrons. The van der Waals surface area contributed by atoms with Crippen LogP contribution in [0, 0.1) is 0 Å². The fourth-order valence-corrected chi connectivity index (χ4v) is 4.24. The molecule has 1 aromatic heterocycles. The first kappa shape index (κ1) is 24.3. The van der Waals surface area contributed by atoms with Gasteiger partial charge < -0.3 is 10.1 Å². The van der Waals surface area contributed by atoms with Crippen molar-refractivity contribution in [2.45, 2.75) is 23.5 Å². The Balaban J connectivity index is 1.63. The van der Waals surface area contributed by atoms with Gasteiger partial charge in [0.25, 0.3) is 0 Å². The van der Waals surface area contributed by atoms with Crippen LogP contribution in [-0.2, 0) is 11.0 Å². The van der Waals surface area contributed by atoms with Gasteiger partial charge in [-0.3, -0.25) is 9.36 Å². The molecule has 0 fully saturated rings. The predicted octanol–water partition coefficient (Wildman–Crippen LogP) is 6.08. The molecule has 1 heterocycles. The first-order chi connectivity index (χ1) is 16.8. The summed E-state index contributed by atoms with van der Waals surface area (Å²) in [5.74, 6) is 0.662. The lowest BCUT2D eigenvalue weighted by atomic mass is 10.1. The third-order valence-corrected chi connectivity index (χ3v) is 6.18. The monoisotopic (exact) mass is 498 g/mol. The van der Waals surface area contributed by atoms with Crippen molar-refractivity contribution in [1.29, 1.82) is 0 Å². The number of alkyl halides is 3. The van der Waals surface area contributed by atoms with Gasteiger partial charge in [-0.15, -0.1) is 10.2 Å². The Hall–Kier alpha value is -3.79. The van der Waals surface area contributed by atoms with E-state index in [0.717, 1.165) is 29.1 Å². The van der Waals surface area contributed by atoms with Gasteiger partial charge in [0.1, 0.15) is 5.75 Å². The summed E-state index contributed by atoms with van der Waals surface area (Å²) in [5.41, 5.74) is 0.367. The highest BCUT2D eigenvalue weighted by atomic mass is 32.2. The second-order valence-corrected chi connectivity index (χ2v) is 8.81. The summed E-state index contributed by atoms with van der Waals surface area (Å²) in [7, 11) is 1.58. The second kappa shape index (κ2) is 10.2. The number of para-hydroxylation sites is 2. The first-order valence-electron chi connectivity index (χ1n) is 10.6. The molecular formula is C25H21F3N4O2S. The standard InChI is InChI=1S/C25H21F3N4O2S/c1-16(23(33)29-21-11-7-6-10-20(21)25(26,27)28)35-24-31-30-22(17-12-14-19(34-2)15-13-17)32(24)18-8-4-3-5-9-18/h3-16H,1-2H3,(H,29,33).